The Labute approximate surface area is 278 Å². The predicted molar refractivity (Wildman–Crippen MR) is 178 cm³/mol. The molecule has 0 amide bonds. The van der Waals surface area contributed by atoms with E-state index in [-0.39, 0.29) is 38.7 Å². The summed E-state index contributed by atoms with van der Waals surface area (Å²) in [6.45, 7) is 3.47. The molecule has 3 unspecified atom stereocenters. The van der Waals surface area contributed by atoms with E-state index in [1.807, 2.05) is 0 Å². The van der Waals surface area contributed by atoms with Crippen LogP contribution in [-0.2, 0) is 33.4 Å². The lowest BCUT2D eigenvalue weighted by Gasteiger charge is -2.28. The van der Waals surface area contributed by atoms with Crippen molar-refractivity contribution in [1.82, 2.24) is 0 Å². The van der Waals surface area contributed by atoms with Crippen molar-refractivity contribution in [3.05, 3.63) is 0 Å². The second kappa shape index (κ2) is 31.4. The van der Waals surface area contributed by atoms with Crippen LogP contribution in [0.15, 0.2) is 0 Å². The van der Waals surface area contributed by atoms with E-state index in [4.69, 9.17) is 19.3 Å². The highest BCUT2D eigenvalue weighted by atomic mass is 16.6. The molecule has 3 N–H and O–H groups in total. The summed E-state index contributed by atoms with van der Waals surface area (Å²) in [5.74, 6) is -2.22. The summed E-state index contributed by atoms with van der Waals surface area (Å²) in [5.41, 5.74) is 0. The lowest BCUT2D eigenvalue weighted by atomic mass is 10.1. The summed E-state index contributed by atoms with van der Waals surface area (Å²) in [6, 6.07) is 0. The van der Waals surface area contributed by atoms with Crippen LogP contribution in [0.4, 0.5) is 0 Å². The molecule has 0 aromatic heterocycles. The molecule has 10 heteroatoms. The standard InChI is InChI=1S/C36H66O10/c1-3-5-7-9-11-16-20-24-34(41)44-29-32(46-36(43)26-22-17-12-10-8-6-4-2)31(27-30(38)28-37)45-35(42)25-21-18-14-13-15-19-23-33(39)40/h30-32,37-38H,3-29H2,1-2H3,(H,39,40). The molecule has 0 aliphatic heterocycles. The van der Waals surface area contributed by atoms with Gasteiger partial charge in [0, 0.05) is 32.1 Å². The average molecular weight is 659 g/mol. The van der Waals surface area contributed by atoms with E-state index in [0.29, 0.717) is 25.7 Å². The first-order valence-corrected chi connectivity index (χ1v) is 18.3. The number of aliphatic hydroxyl groups is 2. The van der Waals surface area contributed by atoms with Gasteiger partial charge in [-0.05, 0) is 25.7 Å². The van der Waals surface area contributed by atoms with E-state index in [0.717, 1.165) is 64.2 Å². The zero-order valence-electron chi connectivity index (χ0n) is 29.0. The zero-order chi connectivity index (χ0) is 34.3. The first-order valence-electron chi connectivity index (χ1n) is 18.3. The molecule has 0 aromatic carbocycles. The molecule has 0 rings (SSSR count). The molecule has 46 heavy (non-hydrogen) atoms. The Morgan fingerprint density at radius 3 is 1.30 bits per heavy atom. The molecule has 0 spiro atoms. The number of aliphatic hydroxyl groups excluding tert-OH is 2. The van der Waals surface area contributed by atoms with Crippen molar-refractivity contribution in [2.75, 3.05) is 13.2 Å². The van der Waals surface area contributed by atoms with Crippen molar-refractivity contribution in [3.63, 3.8) is 0 Å². The fraction of sp³-hybridized carbons (Fsp3) is 0.889. The minimum atomic E-state index is -1.21. The first-order chi connectivity index (χ1) is 22.2. The molecule has 10 nitrogen and oxygen atoms in total. The van der Waals surface area contributed by atoms with Crippen molar-refractivity contribution in [2.45, 2.75) is 193 Å². The summed E-state index contributed by atoms with van der Waals surface area (Å²) >= 11 is 0. The normalized spacial score (nSPS) is 13.1. The van der Waals surface area contributed by atoms with Crippen molar-refractivity contribution in [3.8, 4) is 0 Å². The van der Waals surface area contributed by atoms with E-state index in [1.165, 1.54) is 38.5 Å². The number of rotatable bonds is 33. The van der Waals surface area contributed by atoms with Gasteiger partial charge in [0.2, 0.25) is 0 Å². The highest BCUT2D eigenvalue weighted by Gasteiger charge is 2.32. The lowest BCUT2D eigenvalue weighted by Crippen LogP contribution is -2.41. The minimum Gasteiger partial charge on any atom is -0.481 e. The third-order valence-corrected chi connectivity index (χ3v) is 8.09. The summed E-state index contributed by atoms with van der Waals surface area (Å²) < 4.78 is 16.9. The molecular weight excluding hydrogens is 592 g/mol. The van der Waals surface area contributed by atoms with Gasteiger partial charge in [-0.3, -0.25) is 19.2 Å². The summed E-state index contributed by atoms with van der Waals surface area (Å²) in [6.07, 6.45) is 16.4. The largest absolute Gasteiger partial charge is 0.481 e. The van der Waals surface area contributed by atoms with E-state index in [1.54, 1.807) is 0 Å². The highest BCUT2D eigenvalue weighted by molar-refractivity contribution is 5.71. The minimum absolute atomic E-state index is 0.123. The van der Waals surface area contributed by atoms with Gasteiger partial charge in [0.05, 0.1) is 12.7 Å². The van der Waals surface area contributed by atoms with Crippen molar-refractivity contribution in [1.29, 1.82) is 0 Å². The molecule has 0 radical (unpaired) electrons. The van der Waals surface area contributed by atoms with E-state index in [9.17, 15) is 29.4 Å². The molecular formula is C36H66O10. The maximum atomic E-state index is 12.8. The summed E-state index contributed by atoms with van der Waals surface area (Å²) in [5, 5.41) is 28.4. The molecule has 0 aliphatic rings. The Morgan fingerprint density at radius 1 is 0.522 bits per heavy atom. The number of carboxylic acids is 1. The number of carboxylic acid groups (broad SMARTS) is 1. The Kier molecular flexibility index (Phi) is 29.9. The van der Waals surface area contributed by atoms with Crippen LogP contribution in [0.25, 0.3) is 0 Å². The van der Waals surface area contributed by atoms with E-state index in [2.05, 4.69) is 13.8 Å². The van der Waals surface area contributed by atoms with Crippen LogP contribution in [0.1, 0.15) is 174 Å². The van der Waals surface area contributed by atoms with Gasteiger partial charge < -0.3 is 29.5 Å². The van der Waals surface area contributed by atoms with Gasteiger partial charge in [-0.1, -0.05) is 117 Å². The fourth-order valence-corrected chi connectivity index (χ4v) is 5.24. The Balaban J connectivity index is 5.07. The van der Waals surface area contributed by atoms with Crippen LogP contribution in [0.5, 0.6) is 0 Å². The molecule has 0 saturated heterocycles. The maximum Gasteiger partial charge on any atom is 0.306 e. The third-order valence-electron chi connectivity index (χ3n) is 8.09. The predicted octanol–water partition coefficient (Wildman–Crippen LogP) is 7.58. The zero-order valence-corrected chi connectivity index (χ0v) is 29.0. The van der Waals surface area contributed by atoms with Crippen molar-refractivity contribution < 1.29 is 48.7 Å². The van der Waals surface area contributed by atoms with Gasteiger partial charge in [0.25, 0.3) is 0 Å². The van der Waals surface area contributed by atoms with Gasteiger partial charge >= 0.3 is 23.9 Å². The van der Waals surface area contributed by atoms with Crippen molar-refractivity contribution in [2.24, 2.45) is 0 Å². The van der Waals surface area contributed by atoms with Crippen LogP contribution in [0.2, 0.25) is 0 Å². The van der Waals surface area contributed by atoms with Crippen molar-refractivity contribution >= 4 is 23.9 Å². The quantitative estimate of drug-likeness (QED) is 0.0365. The number of aliphatic carboxylic acids is 1. The number of ether oxygens (including phenoxy) is 3. The highest BCUT2D eigenvalue weighted by Crippen LogP contribution is 2.18. The number of carbonyl (C=O) groups is 4. The maximum absolute atomic E-state index is 12.8. The van der Waals surface area contributed by atoms with Gasteiger partial charge in [0.15, 0.2) is 6.10 Å². The lowest BCUT2D eigenvalue weighted by molar-refractivity contribution is -0.178. The second-order valence-electron chi connectivity index (χ2n) is 12.6. The van der Waals surface area contributed by atoms with Gasteiger partial charge in [-0.15, -0.1) is 0 Å². The molecule has 270 valence electrons. The van der Waals surface area contributed by atoms with Crippen LogP contribution in [0, 0.1) is 0 Å². The van der Waals surface area contributed by atoms with E-state index < -0.39 is 48.8 Å². The Bertz CT molecular complexity index is 772. The Hall–Kier alpha value is -2.20. The molecule has 0 fully saturated rings. The fourth-order valence-electron chi connectivity index (χ4n) is 5.24. The van der Waals surface area contributed by atoms with Gasteiger partial charge in [0.1, 0.15) is 12.7 Å². The second-order valence-corrected chi connectivity index (χ2v) is 12.6. The van der Waals surface area contributed by atoms with Gasteiger partial charge in [-0.2, -0.15) is 0 Å². The molecule has 0 heterocycles. The molecule has 3 atom stereocenters. The molecule has 0 aliphatic carbocycles. The van der Waals surface area contributed by atoms with Gasteiger partial charge in [-0.25, -0.2) is 0 Å². The van der Waals surface area contributed by atoms with E-state index >= 15 is 0 Å². The number of esters is 3. The monoisotopic (exact) mass is 658 g/mol. The third kappa shape index (κ3) is 28.1. The SMILES string of the molecule is CCCCCCCCCC(=O)OCC(OC(=O)CCCCCCCCC)C(CC(O)CO)OC(=O)CCCCCCCCC(=O)O. The smallest absolute Gasteiger partial charge is 0.306 e. The number of carbonyl (C=O) groups excluding carboxylic acids is 3. The first kappa shape index (κ1) is 43.8. The number of unbranched alkanes of at least 4 members (excludes halogenated alkanes) is 17. The van der Waals surface area contributed by atoms with Crippen LogP contribution >= 0.6 is 0 Å². The average Bonchev–Trinajstić information content (AvgIpc) is 3.02. The van der Waals surface area contributed by atoms with Crippen LogP contribution in [-0.4, -0.2) is 70.7 Å². The number of hydrogen-bond donors (Lipinski definition) is 3. The van der Waals surface area contributed by atoms with Crippen LogP contribution < -0.4 is 0 Å². The molecule has 0 aromatic rings. The summed E-state index contributed by atoms with van der Waals surface area (Å²) in [7, 11) is 0. The van der Waals surface area contributed by atoms with Crippen LogP contribution in [0.3, 0.4) is 0 Å². The molecule has 0 saturated carbocycles. The number of hydrogen-bond acceptors (Lipinski definition) is 9. The summed E-state index contributed by atoms with van der Waals surface area (Å²) in [4.78, 5) is 48.7. The topological polar surface area (TPSA) is 157 Å². The Morgan fingerprint density at radius 2 is 0.891 bits per heavy atom. The molecule has 0 bridgehead atoms.